The summed E-state index contributed by atoms with van der Waals surface area (Å²) in [5.74, 6) is 1.06. The van der Waals surface area contributed by atoms with E-state index in [2.05, 4.69) is 27.1 Å². The normalized spacial score (nSPS) is 15.0. The molecule has 0 saturated carbocycles. The van der Waals surface area contributed by atoms with E-state index in [0.717, 1.165) is 43.3 Å². The number of aromatic nitrogens is 2. The number of nitrogens with zero attached hydrogens (tertiary/aromatic N) is 4. The molecule has 6 heteroatoms. The Kier molecular flexibility index (Phi) is 4.98. The maximum absolute atomic E-state index is 13.5. The van der Waals surface area contributed by atoms with Crippen molar-refractivity contribution in [2.75, 3.05) is 43.4 Å². The average molecular weight is 363 g/mol. The van der Waals surface area contributed by atoms with Crippen molar-refractivity contribution in [3.63, 3.8) is 0 Å². The van der Waals surface area contributed by atoms with E-state index in [1.807, 2.05) is 36.4 Å². The van der Waals surface area contributed by atoms with Crippen LogP contribution in [0.4, 0.5) is 21.8 Å². The summed E-state index contributed by atoms with van der Waals surface area (Å²) in [6.45, 7) is 3.83. The highest BCUT2D eigenvalue weighted by atomic mass is 19.1. The number of halogens is 1. The van der Waals surface area contributed by atoms with Gasteiger partial charge in [-0.2, -0.15) is 4.98 Å². The van der Waals surface area contributed by atoms with E-state index >= 15 is 0 Å². The molecule has 1 N–H and O–H groups in total. The minimum Gasteiger partial charge on any atom is -0.354 e. The number of hydrogen-bond acceptors (Lipinski definition) is 5. The topological polar surface area (TPSA) is 44.3 Å². The fraction of sp³-hybridized carbons (Fsp3) is 0.238. The number of anilines is 3. The zero-order chi connectivity index (χ0) is 18.6. The standard InChI is InChI=1S/C21H22FN5/c1-26-10-12-27(13-11-26)20-15-19(16-6-3-2-4-7-16)24-21(25-20)23-18-9-5-8-17(22)14-18/h2-9,14-15H,10-13H2,1H3,(H,23,24,25). The molecule has 1 aromatic heterocycles. The molecule has 0 aliphatic carbocycles. The summed E-state index contributed by atoms with van der Waals surface area (Å²) in [4.78, 5) is 13.9. The van der Waals surface area contributed by atoms with Gasteiger partial charge in [-0.15, -0.1) is 0 Å². The molecule has 2 heterocycles. The van der Waals surface area contributed by atoms with Crippen LogP contribution < -0.4 is 10.2 Å². The molecule has 1 fully saturated rings. The SMILES string of the molecule is CN1CCN(c2cc(-c3ccccc3)nc(Nc3cccc(F)c3)n2)CC1. The Labute approximate surface area is 158 Å². The number of piperazine rings is 1. The first-order valence-electron chi connectivity index (χ1n) is 9.08. The third-order valence-electron chi connectivity index (χ3n) is 4.69. The lowest BCUT2D eigenvalue weighted by atomic mass is 10.1. The second-order valence-electron chi connectivity index (χ2n) is 6.73. The van der Waals surface area contributed by atoms with Crippen LogP contribution in [0.1, 0.15) is 0 Å². The molecule has 5 nitrogen and oxygen atoms in total. The zero-order valence-electron chi connectivity index (χ0n) is 15.3. The van der Waals surface area contributed by atoms with E-state index in [-0.39, 0.29) is 5.82 Å². The zero-order valence-corrected chi connectivity index (χ0v) is 15.3. The molecule has 1 aliphatic rings. The monoisotopic (exact) mass is 363 g/mol. The third-order valence-corrected chi connectivity index (χ3v) is 4.69. The van der Waals surface area contributed by atoms with E-state index in [9.17, 15) is 4.39 Å². The predicted molar refractivity (Wildman–Crippen MR) is 107 cm³/mol. The summed E-state index contributed by atoms with van der Waals surface area (Å²) < 4.78 is 13.5. The minimum atomic E-state index is -0.293. The Balaban J connectivity index is 1.70. The average Bonchev–Trinajstić information content (AvgIpc) is 2.69. The van der Waals surface area contributed by atoms with Gasteiger partial charge in [0.2, 0.25) is 5.95 Å². The maximum atomic E-state index is 13.5. The molecule has 138 valence electrons. The lowest BCUT2D eigenvalue weighted by molar-refractivity contribution is 0.312. The lowest BCUT2D eigenvalue weighted by Gasteiger charge is -2.33. The Hall–Kier alpha value is -2.99. The highest BCUT2D eigenvalue weighted by Crippen LogP contribution is 2.25. The molecule has 0 atom stereocenters. The van der Waals surface area contributed by atoms with Crippen molar-refractivity contribution in [2.45, 2.75) is 0 Å². The van der Waals surface area contributed by atoms with Gasteiger partial charge in [0.25, 0.3) is 0 Å². The fourth-order valence-corrected chi connectivity index (χ4v) is 3.14. The first-order chi connectivity index (χ1) is 13.2. The molecule has 1 saturated heterocycles. The van der Waals surface area contributed by atoms with Gasteiger partial charge in [0, 0.05) is 43.5 Å². The molecule has 0 radical (unpaired) electrons. The van der Waals surface area contributed by atoms with Crippen LogP contribution in [0.3, 0.4) is 0 Å². The van der Waals surface area contributed by atoms with Gasteiger partial charge < -0.3 is 15.1 Å². The molecule has 1 aliphatic heterocycles. The first-order valence-corrected chi connectivity index (χ1v) is 9.08. The van der Waals surface area contributed by atoms with Crippen LogP contribution in [-0.2, 0) is 0 Å². The van der Waals surface area contributed by atoms with Crippen molar-refractivity contribution in [3.05, 3.63) is 66.5 Å². The highest BCUT2D eigenvalue weighted by Gasteiger charge is 2.17. The van der Waals surface area contributed by atoms with E-state index in [0.29, 0.717) is 11.6 Å². The molecular weight excluding hydrogens is 341 g/mol. The smallest absolute Gasteiger partial charge is 0.229 e. The summed E-state index contributed by atoms with van der Waals surface area (Å²) in [7, 11) is 2.13. The van der Waals surface area contributed by atoms with Crippen LogP contribution in [0.25, 0.3) is 11.3 Å². The number of hydrogen-bond donors (Lipinski definition) is 1. The fourth-order valence-electron chi connectivity index (χ4n) is 3.14. The van der Waals surface area contributed by atoms with Crippen molar-refractivity contribution in [1.82, 2.24) is 14.9 Å². The number of likely N-dealkylation sites (N-methyl/N-ethyl adjacent to an activating group) is 1. The van der Waals surface area contributed by atoms with Crippen molar-refractivity contribution >= 4 is 17.5 Å². The van der Waals surface area contributed by atoms with Gasteiger partial charge in [0.1, 0.15) is 11.6 Å². The Bertz CT molecular complexity index is 907. The van der Waals surface area contributed by atoms with Crippen LogP contribution in [0.15, 0.2) is 60.7 Å². The van der Waals surface area contributed by atoms with Crippen LogP contribution in [0, 0.1) is 5.82 Å². The van der Waals surface area contributed by atoms with Gasteiger partial charge in [0.15, 0.2) is 0 Å². The minimum absolute atomic E-state index is 0.293. The molecule has 27 heavy (non-hydrogen) atoms. The summed E-state index contributed by atoms with van der Waals surface area (Å²) in [6, 6.07) is 18.4. The quantitative estimate of drug-likeness (QED) is 0.764. The Morgan fingerprint density at radius 3 is 2.41 bits per heavy atom. The van der Waals surface area contributed by atoms with E-state index in [1.165, 1.54) is 12.1 Å². The van der Waals surface area contributed by atoms with Gasteiger partial charge in [0.05, 0.1) is 5.69 Å². The van der Waals surface area contributed by atoms with E-state index in [1.54, 1.807) is 12.1 Å². The maximum Gasteiger partial charge on any atom is 0.229 e. The molecule has 4 rings (SSSR count). The summed E-state index contributed by atoms with van der Waals surface area (Å²) in [5.41, 5.74) is 2.50. The van der Waals surface area contributed by atoms with Crippen molar-refractivity contribution in [2.24, 2.45) is 0 Å². The number of nitrogens with one attached hydrogen (secondary N) is 1. The summed E-state index contributed by atoms with van der Waals surface area (Å²) >= 11 is 0. The lowest BCUT2D eigenvalue weighted by Crippen LogP contribution is -2.44. The molecule has 0 bridgehead atoms. The van der Waals surface area contributed by atoms with Crippen molar-refractivity contribution in [1.29, 1.82) is 0 Å². The van der Waals surface area contributed by atoms with Crippen LogP contribution in [-0.4, -0.2) is 48.1 Å². The molecule has 0 unspecified atom stereocenters. The Morgan fingerprint density at radius 1 is 0.889 bits per heavy atom. The molecule has 0 amide bonds. The second-order valence-corrected chi connectivity index (χ2v) is 6.73. The van der Waals surface area contributed by atoms with Gasteiger partial charge >= 0.3 is 0 Å². The predicted octanol–water partition coefficient (Wildman–Crippen LogP) is 3.78. The van der Waals surface area contributed by atoms with Gasteiger partial charge in [-0.1, -0.05) is 36.4 Å². The first kappa shape index (κ1) is 17.4. The van der Waals surface area contributed by atoms with Gasteiger partial charge in [-0.25, -0.2) is 9.37 Å². The third kappa shape index (κ3) is 4.23. The number of benzene rings is 2. The largest absolute Gasteiger partial charge is 0.354 e. The van der Waals surface area contributed by atoms with Crippen LogP contribution in [0.5, 0.6) is 0 Å². The van der Waals surface area contributed by atoms with Crippen LogP contribution in [0.2, 0.25) is 0 Å². The van der Waals surface area contributed by atoms with Crippen molar-refractivity contribution in [3.8, 4) is 11.3 Å². The number of rotatable bonds is 4. The second kappa shape index (κ2) is 7.72. The molecule has 2 aromatic carbocycles. The molecule has 3 aromatic rings. The van der Waals surface area contributed by atoms with Gasteiger partial charge in [-0.05, 0) is 25.2 Å². The molecular formula is C21H22FN5. The Morgan fingerprint density at radius 2 is 1.67 bits per heavy atom. The van der Waals surface area contributed by atoms with Crippen molar-refractivity contribution < 1.29 is 4.39 Å². The van der Waals surface area contributed by atoms with E-state index < -0.39 is 0 Å². The molecule has 0 spiro atoms. The highest BCUT2D eigenvalue weighted by molar-refractivity contribution is 5.66. The summed E-state index contributed by atoms with van der Waals surface area (Å²) in [6.07, 6.45) is 0. The van der Waals surface area contributed by atoms with Gasteiger partial charge in [-0.3, -0.25) is 0 Å². The van der Waals surface area contributed by atoms with Crippen LogP contribution >= 0.6 is 0 Å². The van der Waals surface area contributed by atoms with E-state index in [4.69, 9.17) is 4.98 Å². The summed E-state index contributed by atoms with van der Waals surface area (Å²) in [5, 5.41) is 3.14.